The first-order chi connectivity index (χ1) is 24.2. The number of fused-ring (bicyclic) bond motifs is 3. The summed E-state index contributed by atoms with van der Waals surface area (Å²) in [5, 5.41) is 0. The van der Waals surface area contributed by atoms with Gasteiger partial charge in [0.25, 0.3) is 0 Å². The summed E-state index contributed by atoms with van der Waals surface area (Å²) in [6.07, 6.45) is -4.50. The van der Waals surface area contributed by atoms with E-state index in [1.165, 1.54) is 60.7 Å². The van der Waals surface area contributed by atoms with Gasteiger partial charge in [0, 0.05) is 6.07 Å². The number of halogens is 4. The lowest BCUT2D eigenvalue weighted by molar-refractivity contribution is -0.140. The highest BCUT2D eigenvalue weighted by atomic mass is 19.4. The molecule has 0 aromatic heterocycles. The minimum Gasteiger partial charge on any atom is -0.468 e. The molecule has 2 aliphatic heterocycles. The maximum atomic E-state index is 14.5. The van der Waals surface area contributed by atoms with Gasteiger partial charge in [0.05, 0.1) is 32.0 Å². The summed E-state index contributed by atoms with van der Waals surface area (Å²) < 4.78 is 106. The Morgan fingerprint density at radius 2 is 1.18 bits per heavy atom. The zero-order valence-electron chi connectivity index (χ0n) is 26.3. The SMILES string of the molecule is O=C(Oc1ccc2c(c1)C(C(F)(F)F)c1cc(OCOc3ccc(OCOCC4CO4)c(F)c3)ccc1-2)c1ccc(OCOCC2CO2)cc1. The predicted octanol–water partition coefficient (Wildman–Crippen LogP) is 6.64. The molecule has 0 radical (unpaired) electrons. The van der Waals surface area contributed by atoms with E-state index in [1.54, 1.807) is 12.1 Å². The Bertz CT molecular complexity index is 1820. The molecule has 14 heteroatoms. The smallest absolute Gasteiger partial charge is 0.399 e. The van der Waals surface area contributed by atoms with Gasteiger partial charge in [0.2, 0.25) is 6.79 Å². The fourth-order valence-electron chi connectivity index (χ4n) is 5.33. The Kier molecular flexibility index (Phi) is 9.76. The normalized spacial score (nSPS) is 18.5. The lowest BCUT2D eigenvalue weighted by atomic mass is 9.96. The van der Waals surface area contributed by atoms with Crippen molar-refractivity contribution in [1.82, 2.24) is 0 Å². The number of epoxide rings is 2. The van der Waals surface area contributed by atoms with Crippen LogP contribution in [0.3, 0.4) is 0 Å². The van der Waals surface area contributed by atoms with Gasteiger partial charge in [-0.15, -0.1) is 0 Å². The average Bonchev–Trinajstić information content (AvgIpc) is 4.04. The van der Waals surface area contributed by atoms with Gasteiger partial charge in [-0.3, -0.25) is 0 Å². The predicted molar refractivity (Wildman–Crippen MR) is 166 cm³/mol. The molecule has 3 unspecified atom stereocenters. The van der Waals surface area contributed by atoms with Crippen LogP contribution in [-0.2, 0) is 18.9 Å². The van der Waals surface area contributed by atoms with Crippen molar-refractivity contribution in [3.63, 3.8) is 0 Å². The third-order valence-corrected chi connectivity index (χ3v) is 7.96. The molecule has 0 bridgehead atoms. The summed E-state index contributed by atoms with van der Waals surface area (Å²) in [5.41, 5.74) is 0.813. The van der Waals surface area contributed by atoms with E-state index in [4.69, 9.17) is 42.6 Å². The van der Waals surface area contributed by atoms with Crippen LogP contribution in [-0.4, -0.2) is 71.2 Å². The second-order valence-corrected chi connectivity index (χ2v) is 11.6. The molecule has 4 aromatic rings. The van der Waals surface area contributed by atoms with Crippen LogP contribution in [0.15, 0.2) is 78.9 Å². The average molecular weight is 699 g/mol. The van der Waals surface area contributed by atoms with Crippen molar-refractivity contribution in [2.45, 2.75) is 24.3 Å². The highest BCUT2D eigenvalue weighted by Crippen LogP contribution is 2.53. The minimum atomic E-state index is -4.67. The Hall–Kier alpha value is -4.89. The van der Waals surface area contributed by atoms with Gasteiger partial charge in [0.15, 0.2) is 25.2 Å². The van der Waals surface area contributed by atoms with Gasteiger partial charge in [-0.25, -0.2) is 9.18 Å². The van der Waals surface area contributed by atoms with Crippen LogP contribution in [0.2, 0.25) is 0 Å². The van der Waals surface area contributed by atoms with Crippen LogP contribution in [0, 0.1) is 5.82 Å². The number of ether oxygens (including phenoxy) is 9. The maximum Gasteiger partial charge on any atom is 0.399 e. The van der Waals surface area contributed by atoms with Crippen LogP contribution in [0.25, 0.3) is 11.1 Å². The second kappa shape index (κ2) is 14.5. The molecule has 2 fully saturated rings. The van der Waals surface area contributed by atoms with E-state index in [0.717, 1.165) is 6.07 Å². The lowest BCUT2D eigenvalue weighted by Gasteiger charge is -2.18. The van der Waals surface area contributed by atoms with E-state index in [1.807, 2.05) is 0 Å². The number of rotatable bonds is 16. The zero-order chi connectivity index (χ0) is 34.7. The molecule has 2 saturated heterocycles. The number of hydrogen-bond acceptors (Lipinski definition) is 10. The summed E-state index contributed by atoms with van der Waals surface area (Å²) in [6.45, 7) is 1.56. The molecule has 3 aliphatic rings. The Morgan fingerprint density at radius 3 is 1.78 bits per heavy atom. The first-order valence-corrected chi connectivity index (χ1v) is 15.6. The first kappa shape index (κ1) is 33.6. The second-order valence-electron chi connectivity index (χ2n) is 11.6. The van der Waals surface area contributed by atoms with E-state index in [9.17, 15) is 22.4 Å². The minimum absolute atomic E-state index is 0.0170. The van der Waals surface area contributed by atoms with Gasteiger partial charge in [-0.2, -0.15) is 13.2 Å². The van der Waals surface area contributed by atoms with Crippen molar-refractivity contribution < 1.29 is 65.0 Å². The quantitative estimate of drug-likeness (QED) is 0.0316. The number of hydrogen-bond donors (Lipinski definition) is 0. The van der Waals surface area contributed by atoms with Crippen molar-refractivity contribution in [3.8, 4) is 39.9 Å². The molecule has 0 amide bonds. The molecule has 7 rings (SSSR count). The third-order valence-electron chi connectivity index (χ3n) is 7.96. The van der Waals surface area contributed by atoms with E-state index in [2.05, 4.69) is 0 Å². The lowest BCUT2D eigenvalue weighted by Crippen LogP contribution is -2.20. The summed E-state index contributed by atoms with van der Waals surface area (Å²) in [4.78, 5) is 12.8. The number of esters is 1. The van der Waals surface area contributed by atoms with Crippen molar-refractivity contribution in [1.29, 1.82) is 0 Å². The van der Waals surface area contributed by atoms with Gasteiger partial charge < -0.3 is 42.6 Å². The Labute approximate surface area is 283 Å². The molecule has 2 heterocycles. The molecular weight excluding hydrogens is 668 g/mol. The van der Waals surface area contributed by atoms with Gasteiger partial charge in [-0.1, -0.05) is 12.1 Å². The fourth-order valence-corrected chi connectivity index (χ4v) is 5.33. The van der Waals surface area contributed by atoms with Gasteiger partial charge >= 0.3 is 12.1 Å². The summed E-state index contributed by atoms with van der Waals surface area (Å²) in [5.74, 6) is -2.80. The highest BCUT2D eigenvalue weighted by molar-refractivity contribution is 5.91. The van der Waals surface area contributed by atoms with Gasteiger partial charge in [-0.05, 0) is 82.9 Å². The molecule has 4 aromatic carbocycles. The largest absolute Gasteiger partial charge is 0.468 e. The molecule has 10 nitrogen and oxygen atoms in total. The molecular formula is C36H30F4O10. The zero-order valence-corrected chi connectivity index (χ0v) is 26.3. The van der Waals surface area contributed by atoms with Crippen LogP contribution < -0.4 is 23.7 Å². The molecule has 0 saturated carbocycles. The van der Waals surface area contributed by atoms with E-state index in [-0.39, 0.29) is 65.5 Å². The van der Waals surface area contributed by atoms with Crippen molar-refractivity contribution in [2.24, 2.45) is 0 Å². The fraction of sp³-hybridized carbons (Fsp3) is 0.306. The molecule has 3 atom stereocenters. The van der Waals surface area contributed by atoms with Crippen LogP contribution in [0.1, 0.15) is 27.4 Å². The Morgan fingerprint density at radius 1 is 0.660 bits per heavy atom. The first-order valence-electron chi connectivity index (χ1n) is 15.6. The van der Waals surface area contributed by atoms with Gasteiger partial charge in [0.1, 0.15) is 41.1 Å². The number of carbonyl (C=O) groups excluding carboxylic acids is 1. The Balaban J connectivity index is 0.961. The van der Waals surface area contributed by atoms with Crippen LogP contribution >= 0.6 is 0 Å². The molecule has 0 N–H and O–H groups in total. The summed E-state index contributed by atoms with van der Waals surface area (Å²) in [6, 6.07) is 18.5. The molecule has 262 valence electrons. The maximum absolute atomic E-state index is 14.5. The highest BCUT2D eigenvalue weighted by Gasteiger charge is 2.47. The van der Waals surface area contributed by atoms with Crippen molar-refractivity contribution >= 4 is 5.97 Å². The molecule has 0 spiro atoms. The van der Waals surface area contributed by atoms with E-state index in [0.29, 0.717) is 43.3 Å². The van der Waals surface area contributed by atoms with Crippen molar-refractivity contribution in [2.75, 3.05) is 46.8 Å². The molecule has 1 aliphatic carbocycles. The number of benzene rings is 4. The molecule has 50 heavy (non-hydrogen) atoms. The van der Waals surface area contributed by atoms with Crippen LogP contribution in [0.5, 0.6) is 28.7 Å². The van der Waals surface area contributed by atoms with E-state index >= 15 is 0 Å². The monoisotopic (exact) mass is 698 g/mol. The third kappa shape index (κ3) is 8.28. The van der Waals surface area contributed by atoms with Crippen molar-refractivity contribution in [3.05, 3.63) is 101 Å². The number of carbonyl (C=O) groups is 1. The summed E-state index contributed by atoms with van der Waals surface area (Å²) in [7, 11) is 0. The van der Waals surface area contributed by atoms with E-state index < -0.39 is 30.7 Å². The topological polar surface area (TPSA) is 107 Å². The summed E-state index contributed by atoms with van der Waals surface area (Å²) >= 11 is 0. The standard InChI is InChI=1S/C36H30F4O10/c37-32-13-24(7-10-33(32)49-19-43-15-27-17-45-27)48-20-47-23-5-8-28-29-9-6-25(12-31(29)34(30(28)11-23)36(38,39)40)50-35(41)21-1-3-22(4-2-21)46-18-42-14-26-16-44-26/h1-13,26-27,34H,14-20H2. The van der Waals surface area contributed by atoms with Crippen LogP contribution in [0.4, 0.5) is 17.6 Å². The number of alkyl halides is 3.